The van der Waals surface area contributed by atoms with E-state index in [0.29, 0.717) is 10.5 Å². The van der Waals surface area contributed by atoms with Crippen molar-refractivity contribution in [1.29, 1.82) is 0 Å². The van der Waals surface area contributed by atoms with Crippen LogP contribution in [0.3, 0.4) is 0 Å². The topological polar surface area (TPSA) is 15.3 Å². The van der Waals surface area contributed by atoms with Gasteiger partial charge in [0.25, 0.3) is 0 Å². The monoisotopic (exact) mass is 326 g/mol. The summed E-state index contributed by atoms with van der Waals surface area (Å²) in [5.74, 6) is -0.188. The lowest BCUT2D eigenvalue weighted by Crippen LogP contribution is -2.44. The van der Waals surface area contributed by atoms with E-state index in [-0.39, 0.29) is 5.82 Å². The van der Waals surface area contributed by atoms with Crippen molar-refractivity contribution in [1.82, 2.24) is 4.90 Å². The number of anilines is 1. The molecule has 104 valence electrons. The van der Waals surface area contributed by atoms with E-state index in [9.17, 15) is 4.39 Å². The Bertz CT molecular complexity index is 477. The maximum absolute atomic E-state index is 13.4. The molecule has 1 aromatic rings. The molecule has 2 fully saturated rings. The van der Waals surface area contributed by atoms with Crippen LogP contribution in [0.5, 0.6) is 0 Å². The molecule has 1 N–H and O–H groups in total. The smallest absolute Gasteiger partial charge is 0.137 e. The summed E-state index contributed by atoms with van der Waals surface area (Å²) < 4.78 is 14.0. The van der Waals surface area contributed by atoms with Crippen molar-refractivity contribution in [2.24, 2.45) is 0 Å². The Morgan fingerprint density at radius 1 is 1.26 bits per heavy atom. The summed E-state index contributed by atoms with van der Waals surface area (Å²) in [7, 11) is 2.25. The highest BCUT2D eigenvalue weighted by Crippen LogP contribution is 2.36. The summed E-state index contributed by atoms with van der Waals surface area (Å²) in [6.07, 6.45) is 5.04. The summed E-state index contributed by atoms with van der Waals surface area (Å²) in [4.78, 5) is 2.53. The van der Waals surface area contributed by atoms with Gasteiger partial charge in [-0.15, -0.1) is 0 Å². The molecule has 4 heteroatoms. The van der Waals surface area contributed by atoms with Gasteiger partial charge in [-0.3, -0.25) is 0 Å². The number of aryl methyl sites for hydroxylation is 1. The van der Waals surface area contributed by atoms with E-state index in [0.717, 1.165) is 23.3 Å². The van der Waals surface area contributed by atoms with Crippen LogP contribution in [0.1, 0.15) is 31.2 Å². The second kappa shape index (κ2) is 5.06. The maximum Gasteiger partial charge on any atom is 0.137 e. The fraction of sp³-hybridized carbons (Fsp3) is 0.600. The minimum atomic E-state index is -0.188. The average molecular weight is 327 g/mol. The Morgan fingerprint density at radius 3 is 2.53 bits per heavy atom. The van der Waals surface area contributed by atoms with Crippen molar-refractivity contribution >= 4 is 21.6 Å². The quantitative estimate of drug-likeness (QED) is 0.885. The summed E-state index contributed by atoms with van der Waals surface area (Å²) >= 11 is 3.27. The van der Waals surface area contributed by atoms with Crippen LogP contribution in [0.25, 0.3) is 0 Å². The Balaban J connectivity index is 1.74. The van der Waals surface area contributed by atoms with Crippen LogP contribution < -0.4 is 5.32 Å². The first kappa shape index (κ1) is 13.4. The molecular formula is C15H20BrFN2. The summed E-state index contributed by atoms with van der Waals surface area (Å²) in [5.41, 5.74) is 2.04. The van der Waals surface area contributed by atoms with E-state index in [1.165, 1.54) is 25.7 Å². The number of rotatable bonds is 2. The van der Waals surface area contributed by atoms with E-state index in [1.807, 2.05) is 13.0 Å². The third-order valence-electron chi connectivity index (χ3n) is 4.73. The molecule has 0 amide bonds. The van der Waals surface area contributed by atoms with Gasteiger partial charge in [0.2, 0.25) is 0 Å². The third kappa shape index (κ3) is 2.52. The van der Waals surface area contributed by atoms with Crippen LogP contribution >= 0.6 is 15.9 Å². The molecule has 19 heavy (non-hydrogen) atoms. The number of benzene rings is 1. The standard InChI is InChI=1S/C15H20BrFN2/c1-9-5-14(17)13(16)8-15(9)18-10-6-11-3-4-12(7-10)19(11)2/h5,8,10-12,18H,3-4,6-7H2,1-2H3. The minimum absolute atomic E-state index is 0.188. The van der Waals surface area contributed by atoms with Crippen LogP contribution in [-0.4, -0.2) is 30.1 Å². The molecule has 1 aromatic carbocycles. The first-order valence-electron chi connectivity index (χ1n) is 6.98. The summed E-state index contributed by atoms with van der Waals surface area (Å²) in [5, 5.41) is 3.62. The van der Waals surface area contributed by atoms with Crippen LogP contribution in [0.15, 0.2) is 16.6 Å². The predicted octanol–water partition coefficient (Wildman–Crippen LogP) is 3.93. The van der Waals surface area contributed by atoms with E-state index >= 15 is 0 Å². The number of nitrogens with zero attached hydrogens (tertiary/aromatic N) is 1. The first-order chi connectivity index (χ1) is 9.04. The van der Waals surface area contributed by atoms with Crippen molar-refractivity contribution in [3.05, 3.63) is 28.0 Å². The van der Waals surface area contributed by atoms with Gasteiger partial charge in [0.15, 0.2) is 0 Å². The molecule has 2 aliphatic heterocycles. The van der Waals surface area contributed by atoms with Gasteiger partial charge in [-0.2, -0.15) is 0 Å². The van der Waals surface area contributed by atoms with Crippen LogP contribution in [0.4, 0.5) is 10.1 Å². The molecule has 2 aliphatic rings. The molecule has 0 radical (unpaired) electrons. The Labute approximate surface area is 122 Å². The first-order valence-corrected chi connectivity index (χ1v) is 7.78. The largest absolute Gasteiger partial charge is 0.382 e. The van der Waals surface area contributed by atoms with Crippen molar-refractivity contribution in [3.63, 3.8) is 0 Å². The van der Waals surface area contributed by atoms with Crippen LogP contribution in [-0.2, 0) is 0 Å². The van der Waals surface area contributed by atoms with Crippen molar-refractivity contribution in [2.45, 2.75) is 50.7 Å². The van der Waals surface area contributed by atoms with Gasteiger partial charge < -0.3 is 10.2 Å². The molecule has 2 heterocycles. The Hall–Kier alpha value is -0.610. The lowest BCUT2D eigenvalue weighted by Gasteiger charge is -2.37. The van der Waals surface area contributed by atoms with Gasteiger partial charge in [-0.25, -0.2) is 4.39 Å². The molecule has 2 bridgehead atoms. The SMILES string of the molecule is Cc1cc(F)c(Br)cc1NC1CC2CCC(C1)N2C. The minimum Gasteiger partial charge on any atom is -0.382 e. The zero-order valence-electron chi connectivity index (χ0n) is 11.4. The molecule has 0 aromatic heterocycles. The second-order valence-electron chi connectivity index (χ2n) is 5.94. The molecule has 2 unspecified atom stereocenters. The highest BCUT2D eigenvalue weighted by Gasteiger charge is 2.38. The Kier molecular flexibility index (Phi) is 3.56. The predicted molar refractivity (Wildman–Crippen MR) is 80.1 cm³/mol. The molecule has 0 spiro atoms. The molecule has 0 saturated carbocycles. The number of hydrogen-bond acceptors (Lipinski definition) is 2. The van der Waals surface area contributed by atoms with Crippen LogP contribution in [0.2, 0.25) is 0 Å². The van der Waals surface area contributed by atoms with Gasteiger partial charge in [0.1, 0.15) is 5.82 Å². The van der Waals surface area contributed by atoms with Gasteiger partial charge >= 0.3 is 0 Å². The third-order valence-corrected chi connectivity index (χ3v) is 5.33. The van der Waals surface area contributed by atoms with Gasteiger partial charge in [-0.05, 0) is 73.3 Å². The fourth-order valence-electron chi connectivity index (χ4n) is 3.55. The lowest BCUT2D eigenvalue weighted by atomic mass is 9.97. The number of hydrogen-bond donors (Lipinski definition) is 1. The van der Waals surface area contributed by atoms with Crippen LogP contribution in [0, 0.1) is 12.7 Å². The maximum atomic E-state index is 13.4. The zero-order chi connectivity index (χ0) is 13.6. The molecular weight excluding hydrogens is 307 g/mol. The normalized spacial score (nSPS) is 30.6. The molecule has 0 aliphatic carbocycles. The van der Waals surface area contributed by atoms with E-state index in [4.69, 9.17) is 0 Å². The number of nitrogens with one attached hydrogen (secondary N) is 1. The van der Waals surface area contributed by atoms with Crippen molar-refractivity contribution < 1.29 is 4.39 Å². The molecule has 2 atom stereocenters. The highest BCUT2D eigenvalue weighted by atomic mass is 79.9. The fourth-order valence-corrected chi connectivity index (χ4v) is 3.89. The van der Waals surface area contributed by atoms with E-state index in [1.54, 1.807) is 6.07 Å². The number of piperidine rings is 1. The molecule has 3 rings (SSSR count). The second-order valence-corrected chi connectivity index (χ2v) is 6.80. The van der Waals surface area contributed by atoms with E-state index in [2.05, 4.69) is 33.2 Å². The van der Waals surface area contributed by atoms with Crippen molar-refractivity contribution in [2.75, 3.05) is 12.4 Å². The number of fused-ring (bicyclic) bond motifs is 2. The van der Waals surface area contributed by atoms with Gasteiger partial charge in [0, 0.05) is 23.8 Å². The lowest BCUT2D eigenvalue weighted by molar-refractivity contribution is 0.169. The van der Waals surface area contributed by atoms with Crippen molar-refractivity contribution in [3.8, 4) is 0 Å². The number of halogens is 2. The highest BCUT2D eigenvalue weighted by molar-refractivity contribution is 9.10. The molecule has 2 saturated heterocycles. The van der Waals surface area contributed by atoms with E-state index < -0.39 is 0 Å². The van der Waals surface area contributed by atoms with Gasteiger partial charge in [0.05, 0.1) is 4.47 Å². The summed E-state index contributed by atoms with van der Waals surface area (Å²) in [6.45, 7) is 1.96. The Morgan fingerprint density at radius 2 is 1.89 bits per heavy atom. The zero-order valence-corrected chi connectivity index (χ0v) is 13.0. The van der Waals surface area contributed by atoms with Gasteiger partial charge in [-0.1, -0.05) is 0 Å². The molecule has 2 nitrogen and oxygen atoms in total. The average Bonchev–Trinajstić information content (AvgIpc) is 2.60. The summed E-state index contributed by atoms with van der Waals surface area (Å²) in [6, 6.07) is 5.42.